The molecule has 2 saturated heterocycles. The van der Waals surface area contributed by atoms with Crippen molar-refractivity contribution in [3.63, 3.8) is 0 Å². The van der Waals surface area contributed by atoms with Crippen molar-refractivity contribution in [2.24, 2.45) is 5.73 Å². The summed E-state index contributed by atoms with van der Waals surface area (Å²) in [4.78, 5) is 55.2. The highest BCUT2D eigenvalue weighted by Gasteiger charge is 2.44. The molecule has 3 aliphatic heterocycles. The van der Waals surface area contributed by atoms with Gasteiger partial charge in [-0.2, -0.15) is 0 Å². The number of nitrogens with one attached hydrogen (secondary N) is 1. The Morgan fingerprint density at radius 3 is 2.24 bits per heavy atom. The van der Waals surface area contributed by atoms with Gasteiger partial charge >= 0.3 is 0 Å². The molecule has 3 N–H and O–H groups in total. The number of hydrogen-bond donors (Lipinski definition) is 2. The van der Waals surface area contributed by atoms with Gasteiger partial charge in [0.25, 0.3) is 11.8 Å². The number of amides is 4. The second kappa shape index (κ2) is 12.5. The summed E-state index contributed by atoms with van der Waals surface area (Å²) in [6, 6.07) is 4.39. The molecule has 9 nitrogen and oxygen atoms in total. The normalized spacial score (nSPS) is 20.6. The number of hydrogen-bond acceptors (Lipinski definition) is 7. The largest absolute Gasteiger partial charge is 0.369 e. The van der Waals surface area contributed by atoms with Gasteiger partial charge in [0.15, 0.2) is 0 Å². The Balaban J connectivity index is 0.00000204. The Kier molecular flexibility index (Phi) is 10.3. The van der Waals surface area contributed by atoms with Crippen molar-refractivity contribution in [3.05, 3.63) is 29.3 Å². The van der Waals surface area contributed by atoms with Crippen LogP contribution in [0.2, 0.25) is 0 Å². The topological polar surface area (TPSA) is 116 Å². The van der Waals surface area contributed by atoms with Crippen LogP contribution in [0.25, 0.3) is 0 Å². The molecule has 1 atom stereocenters. The van der Waals surface area contributed by atoms with Crippen molar-refractivity contribution in [2.75, 3.05) is 44.2 Å². The SMILES string of the molecule is Cl.Cl.NCCCCCCN1CCN(c2ccc3c(c2)C(=O)N(C2CCC(=O)NC2=O)C3=O)CC1. The average Bonchev–Trinajstić information content (AvgIpc) is 3.04. The van der Waals surface area contributed by atoms with Crippen molar-refractivity contribution in [1.29, 1.82) is 0 Å². The molecule has 1 unspecified atom stereocenters. The third kappa shape index (κ3) is 5.89. The fraction of sp³-hybridized carbons (Fsp3) is 0.565. The number of benzene rings is 1. The van der Waals surface area contributed by atoms with Crippen LogP contribution in [0.1, 0.15) is 59.2 Å². The van der Waals surface area contributed by atoms with Crippen LogP contribution in [0.3, 0.4) is 0 Å². The van der Waals surface area contributed by atoms with E-state index in [9.17, 15) is 19.2 Å². The van der Waals surface area contributed by atoms with Crippen LogP contribution in [0.5, 0.6) is 0 Å². The molecular weight excluding hydrogens is 481 g/mol. The molecule has 2 fully saturated rings. The minimum Gasteiger partial charge on any atom is -0.369 e. The molecule has 0 bridgehead atoms. The van der Waals surface area contributed by atoms with Crippen molar-refractivity contribution in [1.82, 2.24) is 15.1 Å². The number of nitrogens with zero attached hydrogens (tertiary/aromatic N) is 3. The fourth-order valence-electron chi connectivity index (χ4n) is 4.72. The molecule has 1 aromatic rings. The Bertz CT molecular complexity index is 921. The first-order valence-corrected chi connectivity index (χ1v) is 11.5. The Labute approximate surface area is 212 Å². The molecular formula is C23H33Cl2N5O4. The molecule has 0 saturated carbocycles. The summed E-state index contributed by atoms with van der Waals surface area (Å²) in [6.45, 7) is 5.50. The molecule has 0 aromatic heterocycles. The van der Waals surface area contributed by atoms with Gasteiger partial charge in [-0.05, 0) is 50.6 Å². The van der Waals surface area contributed by atoms with Crippen LogP contribution >= 0.6 is 24.8 Å². The number of halogens is 2. The maximum Gasteiger partial charge on any atom is 0.262 e. The first kappa shape index (κ1) is 28.0. The Morgan fingerprint density at radius 2 is 1.56 bits per heavy atom. The molecule has 0 spiro atoms. The van der Waals surface area contributed by atoms with Crippen molar-refractivity contribution in [2.45, 2.75) is 44.6 Å². The molecule has 0 aliphatic carbocycles. The van der Waals surface area contributed by atoms with Gasteiger partial charge in [-0.15, -0.1) is 24.8 Å². The molecule has 4 rings (SSSR count). The first-order valence-electron chi connectivity index (χ1n) is 11.5. The van der Waals surface area contributed by atoms with Crippen molar-refractivity contribution >= 4 is 54.1 Å². The highest BCUT2D eigenvalue weighted by molar-refractivity contribution is 6.23. The lowest BCUT2D eigenvalue weighted by atomic mass is 10.0. The number of anilines is 1. The molecule has 0 radical (unpaired) electrons. The van der Waals surface area contributed by atoms with Crippen LogP contribution < -0.4 is 16.0 Å². The second-order valence-electron chi connectivity index (χ2n) is 8.71. The smallest absolute Gasteiger partial charge is 0.262 e. The Morgan fingerprint density at radius 1 is 0.882 bits per heavy atom. The maximum absolute atomic E-state index is 13.0. The van der Waals surface area contributed by atoms with Gasteiger partial charge < -0.3 is 10.6 Å². The summed E-state index contributed by atoms with van der Waals surface area (Å²) in [5, 5.41) is 2.22. The highest BCUT2D eigenvalue weighted by atomic mass is 35.5. The lowest BCUT2D eigenvalue weighted by molar-refractivity contribution is -0.136. The fourth-order valence-corrected chi connectivity index (χ4v) is 4.72. The van der Waals surface area contributed by atoms with Crippen molar-refractivity contribution < 1.29 is 19.2 Å². The van der Waals surface area contributed by atoms with E-state index in [1.807, 2.05) is 6.07 Å². The lowest BCUT2D eigenvalue weighted by Crippen LogP contribution is -2.54. The summed E-state index contributed by atoms with van der Waals surface area (Å²) in [5.74, 6) is -1.89. The van der Waals surface area contributed by atoms with E-state index in [4.69, 9.17) is 5.73 Å². The van der Waals surface area contributed by atoms with E-state index >= 15 is 0 Å². The van der Waals surface area contributed by atoms with E-state index in [1.54, 1.807) is 12.1 Å². The molecule has 4 amide bonds. The minimum atomic E-state index is -0.933. The Hall–Kier alpha value is -2.20. The number of imide groups is 2. The molecule has 3 heterocycles. The van der Waals surface area contributed by atoms with E-state index in [-0.39, 0.29) is 43.6 Å². The number of rotatable bonds is 8. The van der Waals surface area contributed by atoms with E-state index in [0.29, 0.717) is 11.1 Å². The van der Waals surface area contributed by atoms with E-state index < -0.39 is 23.8 Å². The van der Waals surface area contributed by atoms with E-state index in [1.165, 1.54) is 19.3 Å². The molecule has 11 heteroatoms. The number of unbranched alkanes of at least 4 members (excludes halogenated alkanes) is 3. The third-order valence-corrected chi connectivity index (χ3v) is 6.59. The van der Waals surface area contributed by atoms with E-state index in [0.717, 1.165) is 56.3 Å². The van der Waals surface area contributed by atoms with Gasteiger partial charge in [-0.3, -0.25) is 34.3 Å². The summed E-state index contributed by atoms with van der Waals surface area (Å²) in [7, 11) is 0. The zero-order chi connectivity index (χ0) is 22.7. The number of carbonyl (C=O) groups is 4. The van der Waals surface area contributed by atoms with Gasteiger partial charge in [-0.25, -0.2) is 0 Å². The van der Waals surface area contributed by atoms with Crippen LogP contribution in [-0.4, -0.2) is 78.7 Å². The van der Waals surface area contributed by atoms with Crippen LogP contribution in [0, 0.1) is 0 Å². The number of fused-ring (bicyclic) bond motifs is 1. The van der Waals surface area contributed by atoms with Crippen LogP contribution in [-0.2, 0) is 9.59 Å². The van der Waals surface area contributed by atoms with Crippen LogP contribution in [0.15, 0.2) is 18.2 Å². The molecule has 3 aliphatic rings. The predicted octanol–water partition coefficient (Wildman–Crippen LogP) is 1.57. The average molecular weight is 514 g/mol. The minimum absolute atomic E-state index is 0. The van der Waals surface area contributed by atoms with E-state index in [2.05, 4.69) is 15.1 Å². The number of piperazine rings is 1. The van der Waals surface area contributed by atoms with Gasteiger partial charge in [0.1, 0.15) is 6.04 Å². The number of nitrogens with two attached hydrogens (primary N) is 1. The first-order chi connectivity index (χ1) is 15.5. The number of carbonyl (C=O) groups excluding carboxylic acids is 4. The lowest BCUT2D eigenvalue weighted by Gasteiger charge is -2.36. The maximum atomic E-state index is 13.0. The summed E-state index contributed by atoms with van der Waals surface area (Å²) in [6.07, 6.45) is 4.96. The van der Waals surface area contributed by atoms with Gasteiger partial charge in [0.2, 0.25) is 11.8 Å². The summed E-state index contributed by atoms with van der Waals surface area (Å²) < 4.78 is 0. The van der Waals surface area contributed by atoms with Crippen LogP contribution in [0.4, 0.5) is 5.69 Å². The zero-order valence-electron chi connectivity index (χ0n) is 19.2. The zero-order valence-corrected chi connectivity index (χ0v) is 20.8. The molecule has 34 heavy (non-hydrogen) atoms. The van der Waals surface area contributed by atoms with Gasteiger partial charge in [-0.1, -0.05) is 12.8 Å². The summed E-state index contributed by atoms with van der Waals surface area (Å²) >= 11 is 0. The van der Waals surface area contributed by atoms with Gasteiger partial charge in [0, 0.05) is 38.3 Å². The summed E-state index contributed by atoms with van der Waals surface area (Å²) in [5.41, 5.74) is 7.11. The predicted molar refractivity (Wildman–Crippen MR) is 134 cm³/mol. The quantitative estimate of drug-likeness (QED) is 0.400. The monoisotopic (exact) mass is 513 g/mol. The standard InChI is InChI=1S/C23H31N5O4.2ClH/c24-9-3-1-2-4-10-26-11-13-27(14-12-26)16-5-6-17-18(15-16)23(32)28(22(17)31)19-7-8-20(29)25-21(19)30;;/h5-6,15,19H,1-4,7-14,24H2,(H,25,29,30);2*1H. The second-order valence-corrected chi connectivity index (χ2v) is 8.71. The van der Waals surface area contributed by atoms with Crippen molar-refractivity contribution in [3.8, 4) is 0 Å². The number of piperidine rings is 1. The molecule has 1 aromatic carbocycles. The molecule has 188 valence electrons. The third-order valence-electron chi connectivity index (χ3n) is 6.59. The van der Waals surface area contributed by atoms with Gasteiger partial charge in [0.05, 0.1) is 11.1 Å². The highest BCUT2D eigenvalue weighted by Crippen LogP contribution is 2.31.